The van der Waals surface area contributed by atoms with Crippen LogP contribution in [0, 0.1) is 0 Å². The number of aliphatic imine (C=N–C) groups is 1. The van der Waals surface area contributed by atoms with Crippen molar-refractivity contribution in [1.29, 1.82) is 0 Å². The van der Waals surface area contributed by atoms with Crippen molar-refractivity contribution >= 4 is 33.5 Å². The van der Waals surface area contributed by atoms with E-state index in [1.807, 2.05) is 6.07 Å². The quantitative estimate of drug-likeness (QED) is 0.890. The molecule has 0 radical (unpaired) electrons. The summed E-state index contributed by atoms with van der Waals surface area (Å²) in [6, 6.07) is 6.90. The minimum absolute atomic E-state index is 0.261. The van der Waals surface area contributed by atoms with E-state index in [4.69, 9.17) is 17.3 Å². The molecule has 19 heavy (non-hydrogen) atoms. The van der Waals surface area contributed by atoms with E-state index in [9.17, 15) is 0 Å². The van der Waals surface area contributed by atoms with Crippen molar-refractivity contribution in [3.8, 4) is 0 Å². The van der Waals surface area contributed by atoms with Crippen molar-refractivity contribution in [3.63, 3.8) is 0 Å². The Balaban J connectivity index is 1.88. The lowest BCUT2D eigenvalue weighted by Gasteiger charge is -2.32. The zero-order valence-corrected chi connectivity index (χ0v) is 13.0. The fourth-order valence-electron chi connectivity index (χ4n) is 3.12. The molecule has 1 heterocycles. The van der Waals surface area contributed by atoms with E-state index >= 15 is 0 Å². The first kappa shape index (κ1) is 13.3. The number of nitrogens with zero attached hydrogens (tertiary/aromatic N) is 2. The van der Waals surface area contributed by atoms with Gasteiger partial charge in [-0.15, -0.1) is 0 Å². The summed E-state index contributed by atoms with van der Waals surface area (Å²) in [4.78, 5) is 6.75. The van der Waals surface area contributed by atoms with Crippen LogP contribution in [0.4, 0.5) is 0 Å². The molecule has 0 aromatic heterocycles. The Labute approximate surface area is 127 Å². The third-order valence-corrected chi connectivity index (χ3v) is 5.29. The lowest BCUT2D eigenvalue weighted by Crippen LogP contribution is -2.42. The van der Waals surface area contributed by atoms with Gasteiger partial charge in [0.15, 0.2) is 5.96 Å². The third-order valence-electron chi connectivity index (χ3n) is 4.07. The summed E-state index contributed by atoms with van der Waals surface area (Å²) in [5, 5.41) is 0.739. The maximum Gasteiger partial charge on any atom is 0.192 e. The van der Waals surface area contributed by atoms with Gasteiger partial charge in [0.25, 0.3) is 0 Å². The van der Waals surface area contributed by atoms with Crippen molar-refractivity contribution in [2.75, 3.05) is 6.54 Å². The Bertz CT molecular complexity index is 511. The number of benzene rings is 1. The summed E-state index contributed by atoms with van der Waals surface area (Å²) in [5.74, 6) is 0.697. The van der Waals surface area contributed by atoms with E-state index in [1.54, 1.807) is 0 Å². The van der Waals surface area contributed by atoms with E-state index in [0.29, 0.717) is 12.0 Å². The molecule has 2 N–H and O–H groups in total. The smallest absolute Gasteiger partial charge is 0.192 e. The molecule has 3 rings (SSSR count). The molecular formula is C14H17BrClN3. The molecule has 1 aromatic carbocycles. The first-order valence-corrected chi connectivity index (χ1v) is 7.87. The van der Waals surface area contributed by atoms with Crippen molar-refractivity contribution < 1.29 is 0 Å². The highest BCUT2D eigenvalue weighted by Crippen LogP contribution is 2.36. The van der Waals surface area contributed by atoms with Gasteiger partial charge in [0.1, 0.15) is 0 Å². The summed E-state index contributed by atoms with van der Waals surface area (Å²) in [7, 11) is 0. The first-order valence-electron chi connectivity index (χ1n) is 6.70. The van der Waals surface area contributed by atoms with Gasteiger partial charge in [-0.1, -0.05) is 30.5 Å². The van der Waals surface area contributed by atoms with Gasteiger partial charge in [-0.05, 0) is 46.5 Å². The van der Waals surface area contributed by atoms with E-state index in [-0.39, 0.29) is 6.04 Å². The molecule has 102 valence electrons. The van der Waals surface area contributed by atoms with E-state index in [1.165, 1.54) is 31.2 Å². The molecule has 0 saturated heterocycles. The average molecular weight is 343 g/mol. The minimum atomic E-state index is 0.261. The Kier molecular flexibility index (Phi) is 3.72. The lowest BCUT2D eigenvalue weighted by atomic mass is 10.0. The Morgan fingerprint density at radius 3 is 2.74 bits per heavy atom. The van der Waals surface area contributed by atoms with Crippen LogP contribution < -0.4 is 5.73 Å². The van der Waals surface area contributed by atoms with Crippen molar-refractivity contribution in [2.24, 2.45) is 10.7 Å². The second kappa shape index (κ2) is 5.33. The number of halogens is 2. The van der Waals surface area contributed by atoms with Crippen molar-refractivity contribution in [2.45, 2.75) is 37.8 Å². The average Bonchev–Trinajstić information content (AvgIpc) is 3.01. The molecule has 2 aliphatic rings. The van der Waals surface area contributed by atoms with Gasteiger partial charge in [0.2, 0.25) is 0 Å². The monoisotopic (exact) mass is 341 g/mol. The Hall–Kier alpha value is -0.740. The van der Waals surface area contributed by atoms with Crippen LogP contribution in [0.2, 0.25) is 5.02 Å². The summed E-state index contributed by atoms with van der Waals surface area (Å²) >= 11 is 9.56. The number of guanidine groups is 1. The topological polar surface area (TPSA) is 41.6 Å². The predicted molar refractivity (Wildman–Crippen MR) is 82.5 cm³/mol. The highest BCUT2D eigenvalue weighted by atomic mass is 79.9. The van der Waals surface area contributed by atoms with Crippen LogP contribution in [0.5, 0.6) is 0 Å². The fourth-order valence-corrected chi connectivity index (χ4v) is 3.63. The predicted octanol–water partition coefficient (Wildman–Crippen LogP) is 3.72. The van der Waals surface area contributed by atoms with E-state index < -0.39 is 0 Å². The van der Waals surface area contributed by atoms with E-state index in [0.717, 1.165) is 16.0 Å². The summed E-state index contributed by atoms with van der Waals surface area (Å²) in [5.41, 5.74) is 7.32. The zero-order valence-electron chi connectivity index (χ0n) is 10.6. The molecule has 1 aliphatic carbocycles. The molecular weight excluding hydrogens is 326 g/mol. The van der Waals surface area contributed by atoms with Gasteiger partial charge in [-0.25, -0.2) is 0 Å². The van der Waals surface area contributed by atoms with E-state index in [2.05, 4.69) is 38.0 Å². The highest BCUT2D eigenvalue weighted by Gasteiger charge is 2.34. The molecule has 3 nitrogen and oxygen atoms in total. The summed E-state index contributed by atoms with van der Waals surface area (Å²) in [6.07, 6.45) is 5.04. The fraction of sp³-hybridized carbons (Fsp3) is 0.500. The van der Waals surface area contributed by atoms with Crippen LogP contribution >= 0.6 is 27.5 Å². The second-order valence-corrected chi connectivity index (χ2v) is 6.50. The number of hydrogen-bond acceptors (Lipinski definition) is 3. The van der Waals surface area contributed by atoms with Crippen LogP contribution in [0.25, 0.3) is 0 Å². The SMILES string of the molecule is NC1=NCC(c2ccc(Cl)c(Br)c2)N1C1CCCC1. The van der Waals surface area contributed by atoms with Gasteiger partial charge in [-0.3, -0.25) is 4.99 Å². The molecule has 0 bridgehead atoms. The van der Waals surface area contributed by atoms with Gasteiger partial charge in [0.05, 0.1) is 17.6 Å². The standard InChI is InChI=1S/C14H17BrClN3/c15-11-7-9(5-6-12(11)16)13-8-18-14(17)19(13)10-3-1-2-4-10/h5-7,10,13H,1-4,8H2,(H2,17,18). The maximum atomic E-state index is 6.09. The van der Waals surface area contributed by atoms with Crippen LogP contribution in [0.1, 0.15) is 37.3 Å². The normalized spacial score (nSPS) is 24.0. The van der Waals surface area contributed by atoms with Gasteiger partial charge < -0.3 is 10.6 Å². The summed E-state index contributed by atoms with van der Waals surface area (Å²) in [6.45, 7) is 0.746. The number of rotatable bonds is 2. The van der Waals surface area contributed by atoms with Crippen LogP contribution in [0.15, 0.2) is 27.7 Å². The van der Waals surface area contributed by atoms with Crippen LogP contribution in [-0.2, 0) is 0 Å². The highest BCUT2D eigenvalue weighted by molar-refractivity contribution is 9.10. The molecule has 5 heteroatoms. The van der Waals surface area contributed by atoms with Gasteiger partial charge in [-0.2, -0.15) is 0 Å². The van der Waals surface area contributed by atoms with Crippen LogP contribution in [-0.4, -0.2) is 23.4 Å². The summed E-state index contributed by atoms with van der Waals surface area (Å²) < 4.78 is 0.934. The molecule has 1 unspecified atom stereocenters. The molecule has 1 saturated carbocycles. The molecule has 1 aliphatic heterocycles. The third kappa shape index (κ3) is 2.48. The molecule has 1 atom stereocenters. The van der Waals surface area contributed by atoms with Crippen molar-refractivity contribution in [1.82, 2.24) is 4.90 Å². The second-order valence-electron chi connectivity index (χ2n) is 5.23. The van der Waals surface area contributed by atoms with Crippen molar-refractivity contribution in [3.05, 3.63) is 33.3 Å². The molecule has 0 spiro atoms. The minimum Gasteiger partial charge on any atom is -0.370 e. The number of hydrogen-bond donors (Lipinski definition) is 1. The number of nitrogens with two attached hydrogens (primary N) is 1. The van der Waals surface area contributed by atoms with Gasteiger partial charge in [0, 0.05) is 10.5 Å². The maximum absolute atomic E-state index is 6.09. The largest absolute Gasteiger partial charge is 0.370 e. The molecule has 1 fully saturated rings. The molecule has 0 amide bonds. The lowest BCUT2D eigenvalue weighted by molar-refractivity contribution is 0.262. The Morgan fingerprint density at radius 2 is 2.05 bits per heavy atom. The van der Waals surface area contributed by atoms with Gasteiger partial charge >= 0.3 is 0 Å². The zero-order chi connectivity index (χ0) is 13.4. The molecule has 1 aromatic rings. The van der Waals surface area contributed by atoms with Crippen LogP contribution in [0.3, 0.4) is 0 Å². The Morgan fingerprint density at radius 1 is 1.32 bits per heavy atom. The first-order chi connectivity index (χ1) is 9.16.